The fourth-order valence-electron chi connectivity index (χ4n) is 2.16. The van der Waals surface area contributed by atoms with E-state index in [1.807, 2.05) is 24.3 Å². The fraction of sp³-hybridized carbons (Fsp3) is 0.294. The largest absolute Gasteiger partial charge is 0.492 e. The number of hydrogen-bond acceptors (Lipinski definition) is 2. The minimum absolute atomic E-state index is 0.338. The van der Waals surface area contributed by atoms with Crippen LogP contribution in [0.2, 0.25) is 0 Å². The van der Waals surface area contributed by atoms with Gasteiger partial charge in [-0.2, -0.15) is 0 Å². The second-order valence-electron chi connectivity index (χ2n) is 4.83. The third kappa shape index (κ3) is 4.36. The van der Waals surface area contributed by atoms with Crippen molar-refractivity contribution in [2.24, 2.45) is 0 Å². The quantitative estimate of drug-likeness (QED) is 0.786. The summed E-state index contributed by atoms with van der Waals surface area (Å²) < 4.78 is 6.76. The molecule has 2 nitrogen and oxygen atoms in total. The molecule has 0 saturated carbocycles. The van der Waals surface area contributed by atoms with Crippen molar-refractivity contribution in [1.29, 1.82) is 0 Å². The zero-order valence-corrected chi connectivity index (χ0v) is 13.5. The molecule has 0 aliphatic rings. The van der Waals surface area contributed by atoms with Gasteiger partial charge in [0.15, 0.2) is 0 Å². The van der Waals surface area contributed by atoms with Crippen LogP contribution in [0.15, 0.2) is 53.0 Å². The SMILES string of the molecule is Cc1ccccc1[C@@H](C)NCCOc1ccc(Br)cc1. The highest BCUT2D eigenvalue weighted by Gasteiger charge is 2.06. The van der Waals surface area contributed by atoms with Gasteiger partial charge in [-0.05, 0) is 49.2 Å². The highest BCUT2D eigenvalue weighted by Crippen LogP contribution is 2.17. The van der Waals surface area contributed by atoms with E-state index in [0.717, 1.165) is 16.8 Å². The Morgan fingerprint density at radius 3 is 2.50 bits per heavy atom. The summed E-state index contributed by atoms with van der Waals surface area (Å²) in [5.74, 6) is 0.901. The molecule has 0 unspecified atom stereocenters. The first-order valence-electron chi connectivity index (χ1n) is 6.84. The van der Waals surface area contributed by atoms with Gasteiger partial charge in [-0.15, -0.1) is 0 Å². The molecule has 106 valence electrons. The zero-order chi connectivity index (χ0) is 14.4. The lowest BCUT2D eigenvalue weighted by atomic mass is 10.0. The minimum Gasteiger partial charge on any atom is -0.492 e. The van der Waals surface area contributed by atoms with E-state index in [2.05, 4.69) is 59.4 Å². The molecule has 1 atom stereocenters. The van der Waals surface area contributed by atoms with Crippen LogP contribution in [-0.4, -0.2) is 13.2 Å². The summed E-state index contributed by atoms with van der Waals surface area (Å²) in [5.41, 5.74) is 2.66. The van der Waals surface area contributed by atoms with Gasteiger partial charge in [0.1, 0.15) is 12.4 Å². The van der Waals surface area contributed by atoms with Crippen LogP contribution < -0.4 is 10.1 Å². The van der Waals surface area contributed by atoms with Gasteiger partial charge >= 0.3 is 0 Å². The molecule has 2 aromatic rings. The van der Waals surface area contributed by atoms with E-state index >= 15 is 0 Å². The maximum Gasteiger partial charge on any atom is 0.119 e. The molecule has 0 radical (unpaired) electrons. The highest BCUT2D eigenvalue weighted by atomic mass is 79.9. The molecule has 3 heteroatoms. The topological polar surface area (TPSA) is 21.3 Å². The molecule has 0 saturated heterocycles. The van der Waals surface area contributed by atoms with Crippen LogP contribution in [0, 0.1) is 6.92 Å². The van der Waals surface area contributed by atoms with Crippen LogP contribution in [0.1, 0.15) is 24.1 Å². The van der Waals surface area contributed by atoms with Gasteiger partial charge in [-0.1, -0.05) is 40.2 Å². The maximum absolute atomic E-state index is 5.69. The van der Waals surface area contributed by atoms with E-state index in [1.54, 1.807) is 0 Å². The number of benzene rings is 2. The molecule has 0 heterocycles. The molecule has 20 heavy (non-hydrogen) atoms. The van der Waals surface area contributed by atoms with Gasteiger partial charge < -0.3 is 10.1 Å². The van der Waals surface area contributed by atoms with Crippen LogP contribution in [0.4, 0.5) is 0 Å². The Bertz CT molecular complexity index is 539. The Labute approximate surface area is 129 Å². The first-order valence-corrected chi connectivity index (χ1v) is 7.63. The van der Waals surface area contributed by atoms with Gasteiger partial charge in [-0.3, -0.25) is 0 Å². The molecule has 0 bridgehead atoms. The van der Waals surface area contributed by atoms with Crippen molar-refractivity contribution in [3.8, 4) is 5.75 Å². The molecular formula is C17H20BrNO. The Morgan fingerprint density at radius 2 is 1.80 bits per heavy atom. The van der Waals surface area contributed by atoms with Gasteiger partial charge in [0.2, 0.25) is 0 Å². The molecule has 0 amide bonds. The first-order chi connectivity index (χ1) is 9.66. The number of hydrogen-bond donors (Lipinski definition) is 1. The fourth-order valence-corrected chi connectivity index (χ4v) is 2.42. The summed E-state index contributed by atoms with van der Waals surface area (Å²) in [5, 5.41) is 3.49. The van der Waals surface area contributed by atoms with Gasteiger partial charge in [0, 0.05) is 17.1 Å². The van der Waals surface area contributed by atoms with Crippen molar-refractivity contribution in [2.45, 2.75) is 19.9 Å². The molecule has 0 aliphatic heterocycles. The molecule has 2 aromatic carbocycles. The number of nitrogens with one attached hydrogen (secondary N) is 1. The lowest BCUT2D eigenvalue weighted by Gasteiger charge is -2.16. The van der Waals surface area contributed by atoms with Crippen LogP contribution in [-0.2, 0) is 0 Å². The Kier molecular flexibility index (Phi) is 5.62. The number of halogens is 1. The first kappa shape index (κ1) is 15.1. The van der Waals surface area contributed by atoms with E-state index in [-0.39, 0.29) is 0 Å². The second kappa shape index (κ2) is 7.46. The van der Waals surface area contributed by atoms with Crippen LogP contribution in [0.5, 0.6) is 5.75 Å². The lowest BCUT2D eigenvalue weighted by Crippen LogP contribution is -2.24. The predicted molar refractivity (Wildman–Crippen MR) is 87.2 cm³/mol. The molecule has 0 fully saturated rings. The third-order valence-corrected chi connectivity index (χ3v) is 3.82. The number of aryl methyl sites for hydroxylation is 1. The van der Waals surface area contributed by atoms with E-state index in [9.17, 15) is 0 Å². The van der Waals surface area contributed by atoms with Crippen LogP contribution in [0.25, 0.3) is 0 Å². The Hall–Kier alpha value is -1.32. The molecule has 0 aliphatic carbocycles. The summed E-state index contributed by atoms with van der Waals surface area (Å²) in [6.45, 7) is 5.82. The Morgan fingerprint density at radius 1 is 1.10 bits per heavy atom. The lowest BCUT2D eigenvalue weighted by molar-refractivity contribution is 0.307. The summed E-state index contributed by atoms with van der Waals surface area (Å²) >= 11 is 3.41. The van der Waals surface area contributed by atoms with E-state index in [0.29, 0.717) is 12.6 Å². The molecule has 0 aromatic heterocycles. The van der Waals surface area contributed by atoms with Crippen molar-refractivity contribution in [1.82, 2.24) is 5.32 Å². The van der Waals surface area contributed by atoms with Crippen molar-refractivity contribution >= 4 is 15.9 Å². The molecular weight excluding hydrogens is 314 g/mol. The molecule has 1 N–H and O–H groups in total. The van der Waals surface area contributed by atoms with Crippen LogP contribution >= 0.6 is 15.9 Å². The van der Waals surface area contributed by atoms with Crippen molar-refractivity contribution in [3.05, 3.63) is 64.1 Å². The summed E-state index contributed by atoms with van der Waals surface area (Å²) in [4.78, 5) is 0. The zero-order valence-electron chi connectivity index (χ0n) is 11.9. The van der Waals surface area contributed by atoms with Gasteiger partial charge in [0.05, 0.1) is 0 Å². The second-order valence-corrected chi connectivity index (χ2v) is 5.75. The monoisotopic (exact) mass is 333 g/mol. The van der Waals surface area contributed by atoms with Gasteiger partial charge in [0.25, 0.3) is 0 Å². The standard InChI is InChI=1S/C17H20BrNO/c1-13-5-3-4-6-17(13)14(2)19-11-12-20-16-9-7-15(18)8-10-16/h3-10,14,19H,11-12H2,1-2H3/t14-/m1/s1. The molecule has 0 spiro atoms. The van der Waals surface area contributed by atoms with Crippen molar-refractivity contribution in [3.63, 3.8) is 0 Å². The normalized spacial score (nSPS) is 12.2. The summed E-state index contributed by atoms with van der Waals surface area (Å²) in [7, 11) is 0. The van der Waals surface area contributed by atoms with Crippen LogP contribution in [0.3, 0.4) is 0 Å². The van der Waals surface area contributed by atoms with E-state index in [1.165, 1.54) is 11.1 Å². The average Bonchev–Trinajstić information content (AvgIpc) is 2.46. The molecule has 2 rings (SSSR count). The average molecular weight is 334 g/mol. The van der Waals surface area contributed by atoms with Crippen molar-refractivity contribution in [2.75, 3.05) is 13.2 Å². The van der Waals surface area contributed by atoms with E-state index < -0.39 is 0 Å². The summed E-state index contributed by atoms with van der Waals surface area (Å²) in [6.07, 6.45) is 0. The minimum atomic E-state index is 0.338. The number of rotatable bonds is 6. The number of ether oxygens (including phenoxy) is 1. The maximum atomic E-state index is 5.69. The third-order valence-electron chi connectivity index (χ3n) is 3.29. The smallest absolute Gasteiger partial charge is 0.119 e. The highest BCUT2D eigenvalue weighted by molar-refractivity contribution is 9.10. The van der Waals surface area contributed by atoms with Gasteiger partial charge in [-0.25, -0.2) is 0 Å². The Balaban J connectivity index is 1.76. The predicted octanol–water partition coefficient (Wildman–Crippen LogP) is 4.49. The summed E-state index contributed by atoms with van der Waals surface area (Å²) in [6, 6.07) is 16.7. The van der Waals surface area contributed by atoms with E-state index in [4.69, 9.17) is 4.74 Å². The van der Waals surface area contributed by atoms with Crippen molar-refractivity contribution < 1.29 is 4.74 Å².